The predicted molar refractivity (Wildman–Crippen MR) is 88.2 cm³/mol. The highest BCUT2D eigenvalue weighted by molar-refractivity contribution is 6.04. The first-order valence-electron chi connectivity index (χ1n) is 7.77. The summed E-state index contributed by atoms with van der Waals surface area (Å²) in [4.78, 5) is 12.1. The predicted octanol–water partition coefficient (Wildman–Crippen LogP) is 4.70. The highest BCUT2D eigenvalue weighted by Crippen LogP contribution is 2.29. The molecule has 2 rings (SSSR count). The molecule has 1 amide bonds. The SMILES string of the molecule is CCCCC(C)(C)c1ccc(NC(=O)c2cnoc2C)cc1. The Morgan fingerprint density at radius 3 is 2.50 bits per heavy atom. The Labute approximate surface area is 131 Å². The summed E-state index contributed by atoms with van der Waals surface area (Å²) in [7, 11) is 0. The Balaban J connectivity index is 2.06. The van der Waals surface area contributed by atoms with Crippen molar-refractivity contribution in [1.82, 2.24) is 5.16 Å². The minimum Gasteiger partial charge on any atom is -0.361 e. The van der Waals surface area contributed by atoms with E-state index in [-0.39, 0.29) is 11.3 Å². The monoisotopic (exact) mass is 300 g/mol. The second-order valence-corrected chi connectivity index (χ2v) is 6.31. The maximum Gasteiger partial charge on any atom is 0.260 e. The molecule has 1 aromatic heterocycles. The van der Waals surface area contributed by atoms with Crippen molar-refractivity contribution in [3.05, 3.63) is 47.3 Å². The minimum atomic E-state index is -0.197. The van der Waals surface area contributed by atoms with Crippen molar-refractivity contribution in [2.75, 3.05) is 5.32 Å². The molecular weight excluding hydrogens is 276 g/mol. The van der Waals surface area contributed by atoms with Gasteiger partial charge in [-0.1, -0.05) is 50.9 Å². The number of aryl methyl sites for hydroxylation is 1. The quantitative estimate of drug-likeness (QED) is 0.841. The maximum absolute atomic E-state index is 12.1. The highest BCUT2D eigenvalue weighted by atomic mass is 16.5. The fraction of sp³-hybridized carbons (Fsp3) is 0.444. The molecule has 1 aromatic carbocycles. The average Bonchev–Trinajstić information content (AvgIpc) is 2.92. The number of anilines is 1. The van der Waals surface area contributed by atoms with Crippen molar-refractivity contribution in [3.63, 3.8) is 0 Å². The lowest BCUT2D eigenvalue weighted by Crippen LogP contribution is -2.17. The highest BCUT2D eigenvalue weighted by Gasteiger charge is 2.20. The number of carbonyl (C=O) groups is 1. The van der Waals surface area contributed by atoms with E-state index in [1.165, 1.54) is 24.6 Å². The van der Waals surface area contributed by atoms with Gasteiger partial charge in [0.1, 0.15) is 11.3 Å². The molecule has 2 aromatic rings. The van der Waals surface area contributed by atoms with E-state index in [1.807, 2.05) is 12.1 Å². The summed E-state index contributed by atoms with van der Waals surface area (Å²) in [6, 6.07) is 8.07. The molecular formula is C18H24N2O2. The number of unbranched alkanes of at least 4 members (excludes halogenated alkanes) is 1. The van der Waals surface area contributed by atoms with Crippen LogP contribution in [0.3, 0.4) is 0 Å². The zero-order valence-corrected chi connectivity index (χ0v) is 13.8. The standard InChI is InChI=1S/C18H24N2O2/c1-5-6-11-18(3,4)14-7-9-15(10-8-14)20-17(21)16-12-19-22-13(16)2/h7-10,12H,5-6,11H2,1-4H3,(H,20,21). The van der Waals surface area contributed by atoms with Crippen LogP contribution in [0.2, 0.25) is 0 Å². The topological polar surface area (TPSA) is 55.1 Å². The fourth-order valence-electron chi connectivity index (χ4n) is 2.48. The lowest BCUT2D eigenvalue weighted by Gasteiger charge is -2.25. The van der Waals surface area contributed by atoms with E-state index in [9.17, 15) is 4.79 Å². The average molecular weight is 300 g/mol. The normalized spacial score (nSPS) is 11.5. The van der Waals surface area contributed by atoms with Gasteiger partial charge in [-0.15, -0.1) is 0 Å². The van der Waals surface area contributed by atoms with Gasteiger partial charge < -0.3 is 9.84 Å². The lowest BCUT2D eigenvalue weighted by atomic mass is 9.80. The molecule has 0 saturated heterocycles. The molecule has 1 N–H and O–H groups in total. The van der Waals surface area contributed by atoms with Crippen molar-refractivity contribution in [2.24, 2.45) is 0 Å². The number of nitrogens with one attached hydrogen (secondary N) is 1. The molecule has 0 fully saturated rings. The number of nitrogens with zero attached hydrogens (tertiary/aromatic N) is 1. The van der Waals surface area contributed by atoms with Crippen molar-refractivity contribution in [2.45, 2.75) is 52.4 Å². The van der Waals surface area contributed by atoms with E-state index >= 15 is 0 Å². The van der Waals surface area contributed by atoms with Crippen LogP contribution in [0.1, 0.15) is 61.7 Å². The molecule has 0 atom stereocenters. The lowest BCUT2D eigenvalue weighted by molar-refractivity contribution is 0.102. The van der Waals surface area contributed by atoms with Gasteiger partial charge in [-0.05, 0) is 36.5 Å². The first-order valence-corrected chi connectivity index (χ1v) is 7.77. The Morgan fingerprint density at radius 2 is 1.95 bits per heavy atom. The van der Waals surface area contributed by atoms with Gasteiger partial charge in [0.25, 0.3) is 5.91 Å². The Kier molecular flexibility index (Phi) is 5.01. The van der Waals surface area contributed by atoms with Gasteiger partial charge >= 0.3 is 0 Å². The van der Waals surface area contributed by atoms with Gasteiger partial charge in [-0.2, -0.15) is 0 Å². The number of hydrogen-bond donors (Lipinski definition) is 1. The first kappa shape index (κ1) is 16.3. The second-order valence-electron chi connectivity index (χ2n) is 6.31. The van der Waals surface area contributed by atoms with Gasteiger partial charge in [-0.3, -0.25) is 4.79 Å². The molecule has 0 radical (unpaired) electrons. The molecule has 0 aliphatic rings. The van der Waals surface area contributed by atoms with Crippen LogP contribution in [0.15, 0.2) is 35.0 Å². The molecule has 4 heteroatoms. The summed E-state index contributed by atoms with van der Waals surface area (Å²) in [5.74, 6) is 0.326. The van der Waals surface area contributed by atoms with E-state index in [4.69, 9.17) is 4.52 Å². The molecule has 1 heterocycles. The van der Waals surface area contributed by atoms with Crippen LogP contribution in [0, 0.1) is 6.92 Å². The molecule has 0 unspecified atom stereocenters. The van der Waals surface area contributed by atoms with E-state index in [2.05, 4.69) is 43.4 Å². The summed E-state index contributed by atoms with van der Waals surface area (Å²) in [5, 5.41) is 6.49. The van der Waals surface area contributed by atoms with Crippen LogP contribution in [0.5, 0.6) is 0 Å². The summed E-state index contributed by atoms with van der Waals surface area (Å²) in [5.41, 5.74) is 2.69. The maximum atomic E-state index is 12.1. The second kappa shape index (κ2) is 6.77. The van der Waals surface area contributed by atoms with E-state index in [0.29, 0.717) is 11.3 Å². The van der Waals surface area contributed by atoms with Gasteiger partial charge in [0.05, 0.1) is 6.20 Å². The van der Waals surface area contributed by atoms with Gasteiger partial charge in [0.2, 0.25) is 0 Å². The van der Waals surface area contributed by atoms with Crippen LogP contribution in [-0.4, -0.2) is 11.1 Å². The van der Waals surface area contributed by atoms with Crippen molar-refractivity contribution < 1.29 is 9.32 Å². The van der Waals surface area contributed by atoms with E-state index in [1.54, 1.807) is 6.92 Å². The van der Waals surface area contributed by atoms with E-state index in [0.717, 1.165) is 12.1 Å². The molecule has 0 saturated carbocycles. The van der Waals surface area contributed by atoms with Crippen LogP contribution < -0.4 is 5.32 Å². The van der Waals surface area contributed by atoms with Gasteiger partial charge in [-0.25, -0.2) is 0 Å². The third-order valence-electron chi connectivity index (χ3n) is 4.07. The molecule has 118 valence electrons. The van der Waals surface area contributed by atoms with Crippen molar-refractivity contribution in [3.8, 4) is 0 Å². The zero-order chi connectivity index (χ0) is 16.2. The zero-order valence-electron chi connectivity index (χ0n) is 13.8. The number of aromatic nitrogens is 1. The molecule has 0 aliphatic carbocycles. The summed E-state index contributed by atoms with van der Waals surface area (Å²) in [6.45, 7) is 8.45. The summed E-state index contributed by atoms with van der Waals surface area (Å²) in [6.07, 6.45) is 5.02. The molecule has 4 nitrogen and oxygen atoms in total. The number of amides is 1. The Hall–Kier alpha value is -2.10. The van der Waals surface area contributed by atoms with Gasteiger partial charge in [0, 0.05) is 5.69 Å². The summed E-state index contributed by atoms with van der Waals surface area (Å²) >= 11 is 0. The van der Waals surface area contributed by atoms with E-state index < -0.39 is 0 Å². The first-order chi connectivity index (χ1) is 10.4. The van der Waals surface area contributed by atoms with Gasteiger partial charge in [0.15, 0.2) is 0 Å². The number of carbonyl (C=O) groups excluding carboxylic acids is 1. The fourth-order valence-corrected chi connectivity index (χ4v) is 2.48. The van der Waals surface area contributed by atoms with Crippen molar-refractivity contribution in [1.29, 1.82) is 0 Å². The number of hydrogen-bond acceptors (Lipinski definition) is 3. The summed E-state index contributed by atoms with van der Waals surface area (Å²) < 4.78 is 4.91. The smallest absolute Gasteiger partial charge is 0.260 e. The third kappa shape index (κ3) is 3.75. The molecule has 0 spiro atoms. The van der Waals surface area contributed by atoms with Crippen molar-refractivity contribution >= 4 is 11.6 Å². The third-order valence-corrected chi connectivity index (χ3v) is 4.07. The Morgan fingerprint density at radius 1 is 1.27 bits per heavy atom. The molecule has 22 heavy (non-hydrogen) atoms. The minimum absolute atomic E-state index is 0.156. The van der Waals surface area contributed by atoms with Crippen LogP contribution in [-0.2, 0) is 5.41 Å². The van der Waals surface area contributed by atoms with Crippen LogP contribution >= 0.6 is 0 Å². The van der Waals surface area contributed by atoms with Crippen LogP contribution in [0.25, 0.3) is 0 Å². The van der Waals surface area contributed by atoms with Crippen LogP contribution in [0.4, 0.5) is 5.69 Å². The Bertz CT molecular complexity index is 627. The number of benzene rings is 1. The molecule has 0 aliphatic heterocycles. The largest absolute Gasteiger partial charge is 0.361 e. The number of rotatable bonds is 6. The molecule has 0 bridgehead atoms.